The van der Waals surface area contributed by atoms with Crippen LogP contribution in [0.5, 0.6) is 5.75 Å². The van der Waals surface area contributed by atoms with Gasteiger partial charge in [-0.25, -0.2) is 8.42 Å². The molecule has 0 spiro atoms. The molecule has 1 aliphatic carbocycles. The summed E-state index contributed by atoms with van der Waals surface area (Å²) < 4.78 is 32.4. The lowest BCUT2D eigenvalue weighted by molar-refractivity contribution is 0.102. The first-order valence-electron chi connectivity index (χ1n) is 9.51. The molecule has 3 rings (SSSR count). The van der Waals surface area contributed by atoms with E-state index in [1.165, 1.54) is 28.4 Å². The van der Waals surface area contributed by atoms with Crippen LogP contribution in [0.15, 0.2) is 28.5 Å². The number of hydrogen-bond donors (Lipinski definition) is 1. The number of amides is 1. The van der Waals surface area contributed by atoms with Crippen molar-refractivity contribution in [2.45, 2.75) is 44.4 Å². The Morgan fingerprint density at radius 2 is 1.93 bits per heavy atom. The number of nitrogens with zero attached hydrogens (tertiary/aromatic N) is 1. The van der Waals surface area contributed by atoms with Crippen molar-refractivity contribution in [3.05, 3.63) is 39.6 Å². The fourth-order valence-electron chi connectivity index (χ4n) is 3.53. The first-order valence-corrected chi connectivity index (χ1v) is 11.8. The van der Waals surface area contributed by atoms with E-state index in [2.05, 4.69) is 5.32 Å². The molecule has 28 heavy (non-hydrogen) atoms. The number of benzene rings is 1. The topological polar surface area (TPSA) is 75.7 Å². The summed E-state index contributed by atoms with van der Waals surface area (Å²) in [6.07, 6.45) is 4.18. The lowest BCUT2D eigenvalue weighted by Crippen LogP contribution is -2.30. The molecule has 0 unspecified atom stereocenters. The Hall–Kier alpha value is -1.90. The van der Waals surface area contributed by atoms with Gasteiger partial charge in [0.1, 0.15) is 5.75 Å². The molecule has 1 aromatic heterocycles. The molecule has 2 aromatic rings. The van der Waals surface area contributed by atoms with Gasteiger partial charge in [-0.05, 0) is 49.4 Å². The minimum absolute atomic E-state index is 0.139. The average molecular weight is 423 g/mol. The molecule has 8 heteroatoms. The molecule has 1 aromatic carbocycles. The molecule has 152 valence electrons. The zero-order valence-electron chi connectivity index (χ0n) is 16.4. The Kier molecular flexibility index (Phi) is 6.42. The number of rotatable bonds is 7. The van der Waals surface area contributed by atoms with Crippen LogP contribution >= 0.6 is 11.3 Å². The highest BCUT2D eigenvalue weighted by atomic mass is 32.2. The highest BCUT2D eigenvalue weighted by Gasteiger charge is 2.25. The van der Waals surface area contributed by atoms with Crippen molar-refractivity contribution in [3.63, 3.8) is 0 Å². The third-order valence-electron chi connectivity index (χ3n) is 5.07. The molecule has 0 fully saturated rings. The van der Waals surface area contributed by atoms with Gasteiger partial charge in [0.05, 0.1) is 23.3 Å². The number of anilines is 1. The fourth-order valence-corrected chi connectivity index (χ4v) is 6.14. The zero-order chi connectivity index (χ0) is 20.3. The Morgan fingerprint density at radius 3 is 2.61 bits per heavy atom. The van der Waals surface area contributed by atoms with Crippen LogP contribution in [-0.2, 0) is 22.9 Å². The van der Waals surface area contributed by atoms with Gasteiger partial charge in [-0.3, -0.25) is 4.79 Å². The molecule has 1 N–H and O–H groups in total. The first-order chi connectivity index (χ1) is 13.4. The Labute approximate surface area is 170 Å². The van der Waals surface area contributed by atoms with Crippen LogP contribution in [0.2, 0.25) is 0 Å². The van der Waals surface area contributed by atoms with Crippen molar-refractivity contribution in [3.8, 4) is 5.75 Å². The highest BCUT2D eigenvalue weighted by molar-refractivity contribution is 7.89. The molecular formula is C20H26N2O4S2. The number of ether oxygens (including phenoxy) is 1. The van der Waals surface area contributed by atoms with Gasteiger partial charge in [-0.1, -0.05) is 13.8 Å². The van der Waals surface area contributed by atoms with E-state index < -0.39 is 10.0 Å². The Bertz CT molecular complexity index is 963. The lowest BCUT2D eigenvalue weighted by atomic mass is 9.95. The summed E-state index contributed by atoms with van der Waals surface area (Å²) in [4.78, 5) is 14.3. The smallest absolute Gasteiger partial charge is 0.256 e. The normalized spacial score (nSPS) is 14.0. The maximum absolute atomic E-state index is 12.9. The van der Waals surface area contributed by atoms with Gasteiger partial charge in [0.25, 0.3) is 5.91 Å². The number of carbonyl (C=O) groups excluding carboxylic acids is 1. The molecule has 0 bridgehead atoms. The van der Waals surface area contributed by atoms with E-state index in [0.717, 1.165) is 31.2 Å². The molecule has 1 amide bonds. The van der Waals surface area contributed by atoms with Crippen molar-refractivity contribution >= 4 is 33.0 Å². The number of thiophene rings is 1. The van der Waals surface area contributed by atoms with Crippen molar-refractivity contribution < 1.29 is 17.9 Å². The van der Waals surface area contributed by atoms with Crippen molar-refractivity contribution in [2.24, 2.45) is 0 Å². The summed E-state index contributed by atoms with van der Waals surface area (Å²) in [7, 11) is -2.13. The van der Waals surface area contributed by atoms with Crippen LogP contribution in [0.3, 0.4) is 0 Å². The zero-order valence-corrected chi connectivity index (χ0v) is 18.1. The maximum atomic E-state index is 12.9. The largest absolute Gasteiger partial charge is 0.495 e. The molecular weight excluding hydrogens is 396 g/mol. The predicted molar refractivity (Wildman–Crippen MR) is 112 cm³/mol. The summed E-state index contributed by atoms with van der Waals surface area (Å²) in [6, 6.07) is 4.56. The summed E-state index contributed by atoms with van der Waals surface area (Å²) in [5.41, 5.74) is 2.16. The van der Waals surface area contributed by atoms with Crippen molar-refractivity contribution in [1.29, 1.82) is 0 Å². The van der Waals surface area contributed by atoms with Crippen molar-refractivity contribution in [1.82, 2.24) is 4.31 Å². The quantitative estimate of drug-likeness (QED) is 0.734. The van der Waals surface area contributed by atoms with E-state index in [4.69, 9.17) is 4.74 Å². The van der Waals surface area contributed by atoms with Crippen LogP contribution in [0, 0.1) is 0 Å². The van der Waals surface area contributed by atoms with Crippen LogP contribution in [-0.4, -0.2) is 38.8 Å². The number of aryl methyl sites for hydroxylation is 1. The van der Waals surface area contributed by atoms with Gasteiger partial charge in [-0.15, -0.1) is 11.3 Å². The summed E-state index contributed by atoms with van der Waals surface area (Å²) in [6.45, 7) is 4.36. The molecule has 0 atom stereocenters. The van der Waals surface area contributed by atoms with E-state index in [9.17, 15) is 13.2 Å². The van der Waals surface area contributed by atoms with Crippen LogP contribution < -0.4 is 10.1 Å². The molecule has 0 radical (unpaired) electrons. The number of methoxy groups -OCH3 is 1. The van der Waals surface area contributed by atoms with Crippen LogP contribution in [0.1, 0.15) is 47.5 Å². The summed E-state index contributed by atoms with van der Waals surface area (Å²) in [5.74, 6) is 0.200. The summed E-state index contributed by atoms with van der Waals surface area (Å²) in [5, 5.41) is 4.76. The van der Waals surface area contributed by atoms with E-state index in [1.807, 2.05) is 5.38 Å². The van der Waals surface area contributed by atoms with Gasteiger partial charge < -0.3 is 10.1 Å². The minimum Gasteiger partial charge on any atom is -0.495 e. The molecule has 0 aliphatic heterocycles. The van der Waals surface area contributed by atoms with Crippen LogP contribution in [0.25, 0.3) is 0 Å². The second-order valence-electron chi connectivity index (χ2n) is 6.66. The van der Waals surface area contributed by atoms with E-state index in [0.29, 0.717) is 30.1 Å². The highest BCUT2D eigenvalue weighted by Crippen LogP contribution is 2.33. The second kappa shape index (κ2) is 8.63. The number of carbonyl (C=O) groups is 1. The maximum Gasteiger partial charge on any atom is 0.256 e. The molecule has 6 nitrogen and oxygen atoms in total. The molecule has 1 aliphatic rings. The fraction of sp³-hybridized carbons (Fsp3) is 0.450. The van der Waals surface area contributed by atoms with Gasteiger partial charge in [0.2, 0.25) is 10.0 Å². The SMILES string of the molecule is CCN(CC)S(=O)(=O)c1ccc(OC)c(NC(=O)c2csc3c2CCCC3)c1. The third-order valence-corrected chi connectivity index (χ3v) is 8.20. The molecule has 0 saturated carbocycles. The standard InChI is InChI=1S/C20H26N2O4S2/c1-4-22(5-2)28(24,25)14-10-11-18(26-3)17(12-14)21-20(23)16-13-27-19-9-7-6-8-15(16)19/h10-13H,4-9H2,1-3H3,(H,21,23). The lowest BCUT2D eigenvalue weighted by Gasteiger charge is -2.20. The van der Waals surface area contributed by atoms with Gasteiger partial charge in [-0.2, -0.15) is 4.31 Å². The monoisotopic (exact) mass is 422 g/mol. The number of nitrogens with one attached hydrogen (secondary N) is 1. The summed E-state index contributed by atoms with van der Waals surface area (Å²) >= 11 is 1.62. The van der Waals surface area contributed by atoms with Gasteiger partial charge >= 0.3 is 0 Å². The Morgan fingerprint density at radius 1 is 1.21 bits per heavy atom. The number of sulfonamides is 1. The van der Waals surface area contributed by atoms with E-state index in [-0.39, 0.29) is 10.8 Å². The first kappa shape index (κ1) is 20.8. The van der Waals surface area contributed by atoms with Gasteiger partial charge in [0.15, 0.2) is 0 Å². The molecule has 0 saturated heterocycles. The van der Waals surface area contributed by atoms with Crippen molar-refractivity contribution in [2.75, 3.05) is 25.5 Å². The predicted octanol–water partition coefficient (Wildman–Crippen LogP) is 3.92. The number of hydrogen-bond acceptors (Lipinski definition) is 5. The number of fused-ring (bicyclic) bond motifs is 1. The Balaban J connectivity index is 1.93. The third kappa shape index (κ3) is 3.94. The molecule has 1 heterocycles. The van der Waals surface area contributed by atoms with E-state index >= 15 is 0 Å². The van der Waals surface area contributed by atoms with Crippen LogP contribution in [0.4, 0.5) is 5.69 Å². The minimum atomic E-state index is -3.62. The van der Waals surface area contributed by atoms with Gasteiger partial charge in [0, 0.05) is 23.3 Å². The second-order valence-corrected chi connectivity index (χ2v) is 9.57. The average Bonchev–Trinajstić information content (AvgIpc) is 3.13. The van der Waals surface area contributed by atoms with E-state index in [1.54, 1.807) is 31.3 Å².